The van der Waals surface area contributed by atoms with Crippen LogP contribution < -0.4 is 10.6 Å². The molecule has 3 N–H and O–H groups in total. The summed E-state index contributed by atoms with van der Waals surface area (Å²) in [6.45, 7) is -3.91. The molecule has 0 spiro atoms. The van der Waals surface area contributed by atoms with Crippen LogP contribution >= 0.6 is 6.72 Å². The van der Waals surface area contributed by atoms with Crippen molar-refractivity contribution in [3.63, 3.8) is 0 Å². The molecule has 0 aromatic carbocycles. The molecule has 0 aliphatic carbocycles. The number of aromatic nitrogens is 4. The fourth-order valence-corrected chi connectivity index (χ4v) is 2.81. The Kier molecular flexibility index (Phi) is 3.91. The third-order valence-electron chi connectivity index (χ3n) is 3.21. The molecular formula is C10H13N5O4PS-. The lowest BCUT2D eigenvalue weighted by atomic mass is 10.2. The Balaban J connectivity index is 1.73. The lowest BCUT2D eigenvalue weighted by Crippen LogP contribution is -2.18. The summed E-state index contributed by atoms with van der Waals surface area (Å²) in [6.07, 6.45) is 3.77. The van der Waals surface area contributed by atoms with Crippen molar-refractivity contribution in [2.75, 3.05) is 12.3 Å². The van der Waals surface area contributed by atoms with Crippen molar-refractivity contribution in [2.24, 2.45) is 0 Å². The standard InChI is InChI=1S/C10H14N5O4PS/c11-9-8-10(13-4-12-9)15(5-14-8)7-2-1-6(19-7)3-18-20(16,17)21/h4-7H,1-3H2,(H2,11,12,13)(H2,16,17,21)/p-1/t6-,7+/m0/s1. The molecule has 1 aliphatic rings. The quantitative estimate of drug-likeness (QED) is 0.724. The van der Waals surface area contributed by atoms with Gasteiger partial charge >= 0.3 is 0 Å². The van der Waals surface area contributed by atoms with Gasteiger partial charge in [-0.05, 0) is 12.8 Å². The van der Waals surface area contributed by atoms with E-state index in [2.05, 4.69) is 26.8 Å². The van der Waals surface area contributed by atoms with Crippen molar-refractivity contribution in [1.29, 1.82) is 0 Å². The molecule has 11 heteroatoms. The van der Waals surface area contributed by atoms with Gasteiger partial charge in [-0.15, -0.1) is 0 Å². The monoisotopic (exact) mass is 330 g/mol. The van der Waals surface area contributed by atoms with Gasteiger partial charge in [0.25, 0.3) is 0 Å². The van der Waals surface area contributed by atoms with E-state index < -0.39 is 6.72 Å². The Bertz CT molecular complexity index is 704. The van der Waals surface area contributed by atoms with Gasteiger partial charge in [-0.1, -0.05) is 11.8 Å². The van der Waals surface area contributed by atoms with Gasteiger partial charge in [0, 0.05) is 0 Å². The zero-order valence-electron chi connectivity index (χ0n) is 10.8. The minimum absolute atomic E-state index is 0.0163. The van der Waals surface area contributed by atoms with E-state index >= 15 is 0 Å². The minimum Gasteiger partial charge on any atom is -0.780 e. The average Bonchev–Trinajstić information content (AvgIpc) is 3.02. The summed E-state index contributed by atoms with van der Waals surface area (Å²) >= 11 is 4.29. The third kappa shape index (κ3) is 3.20. The molecule has 0 saturated carbocycles. The van der Waals surface area contributed by atoms with Crippen LogP contribution in [0.4, 0.5) is 5.82 Å². The number of rotatable bonds is 4. The molecule has 3 heterocycles. The second-order valence-corrected chi connectivity index (χ2v) is 7.22. The van der Waals surface area contributed by atoms with Gasteiger partial charge in [-0.3, -0.25) is 4.57 Å². The largest absolute Gasteiger partial charge is 0.780 e. The fraction of sp³-hybridized carbons (Fsp3) is 0.500. The number of nitrogen functional groups attached to an aromatic ring is 1. The smallest absolute Gasteiger partial charge is 0.167 e. The molecule has 21 heavy (non-hydrogen) atoms. The molecular weight excluding hydrogens is 317 g/mol. The highest BCUT2D eigenvalue weighted by Crippen LogP contribution is 2.35. The lowest BCUT2D eigenvalue weighted by molar-refractivity contribution is -0.204. The molecule has 3 rings (SSSR count). The summed E-state index contributed by atoms with van der Waals surface area (Å²) in [6, 6.07) is 0. The Morgan fingerprint density at radius 3 is 3.10 bits per heavy atom. The van der Waals surface area contributed by atoms with Gasteiger partial charge in [0.05, 0.1) is 19.0 Å². The Morgan fingerprint density at radius 1 is 1.52 bits per heavy atom. The fourth-order valence-electron chi connectivity index (χ4n) is 2.27. The van der Waals surface area contributed by atoms with Gasteiger partial charge < -0.3 is 24.8 Å². The predicted octanol–water partition coefficient (Wildman–Crippen LogP) is -0.320. The Labute approximate surface area is 125 Å². The third-order valence-corrected chi connectivity index (χ3v) is 4.00. The maximum Gasteiger partial charge on any atom is 0.167 e. The van der Waals surface area contributed by atoms with E-state index in [0.717, 1.165) is 0 Å². The summed E-state index contributed by atoms with van der Waals surface area (Å²) in [5, 5.41) is 0. The molecule has 3 atom stereocenters. The number of nitrogens with two attached hydrogens (primary N) is 1. The highest BCUT2D eigenvalue weighted by molar-refractivity contribution is 8.06. The molecule has 2 aromatic rings. The van der Waals surface area contributed by atoms with Crippen LogP contribution in [-0.2, 0) is 21.1 Å². The molecule has 1 fully saturated rings. The summed E-state index contributed by atoms with van der Waals surface area (Å²) in [5.41, 5.74) is 6.84. The van der Waals surface area contributed by atoms with Gasteiger partial charge in [0.2, 0.25) is 0 Å². The summed E-state index contributed by atoms with van der Waals surface area (Å²) in [5.74, 6) is 0.309. The van der Waals surface area contributed by atoms with Gasteiger partial charge in [0.15, 0.2) is 11.5 Å². The van der Waals surface area contributed by atoms with Crippen molar-refractivity contribution in [3.8, 4) is 0 Å². The summed E-state index contributed by atoms with van der Waals surface area (Å²) in [4.78, 5) is 32.1. The Hall–Kier alpha value is -1.16. The average molecular weight is 330 g/mol. The number of anilines is 1. The number of hydrogen-bond donors (Lipinski definition) is 2. The number of fused-ring (bicyclic) bond motifs is 1. The van der Waals surface area contributed by atoms with Gasteiger partial charge in [-0.25, -0.2) is 15.0 Å². The normalized spacial score (nSPS) is 25.2. The second-order valence-electron chi connectivity index (χ2n) is 4.64. The van der Waals surface area contributed by atoms with Crippen LogP contribution in [0.5, 0.6) is 0 Å². The zero-order chi connectivity index (χ0) is 15.0. The van der Waals surface area contributed by atoms with Crippen LogP contribution in [0.1, 0.15) is 19.1 Å². The van der Waals surface area contributed by atoms with Crippen LogP contribution in [0.15, 0.2) is 12.7 Å². The number of hydrogen-bond acceptors (Lipinski definition) is 8. The van der Waals surface area contributed by atoms with Crippen LogP contribution in [0.2, 0.25) is 0 Å². The number of imidazole rings is 1. The molecule has 2 aromatic heterocycles. The molecule has 1 aliphatic heterocycles. The lowest BCUT2D eigenvalue weighted by Gasteiger charge is -2.22. The van der Waals surface area contributed by atoms with E-state index in [1.54, 1.807) is 10.9 Å². The van der Waals surface area contributed by atoms with E-state index in [9.17, 15) is 4.89 Å². The highest BCUT2D eigenvalue weighted by atomic mass is 32.5. The first kappa shape index (κ1) is 14.8. The molecule has 0 radical (unpaired) electrons. The number of ether oxygens (including phenoxy) is 1. The summed E-state index contributed by atoms with van der Waals surface area (Å²) in [7, 11) is 0. The van der Waals surface area contributed by atoms with E-state index in [1.165, 1.54) is 6.33 Å². The molecule has 114 valence electrons. The predicted molar refractivity (Wildman–Crippen MR) is 75.3 cm³/mol. The maximum atomic E-state index is 10.9. The van der Waals surface area contributed by atoms with Crippen molar-refractivity contribution >= 4 is 35.5 Å². The first-order valence-electron chi connectivity index (χ1n) is 6.21. The van der Waals surface area contributed by atoms with E-state index in [0.29, 0.717) is 29.8 Å². The van der Waals surface area contributed by atoms with Crippen molar-refractivity contribution in [3.05, 3.63) is 12.7 Å². The first-order chi connectivity index (χ1) is 9.94. The van der Waals surface area contributed by atoms with E-state index in [4.69, 9.17) is 19.9 Å². The van der Waals surface area contributed by atoms with Crippen molar-refractivity contribution in [1.82, 2.24) is 19.5 Å². The van der Waals surface area contributed by atoms with Crippen LogP contribution in [-0.4, -0.2) is 37.1 Å². The minimum atomic E-state index is -3.90. The number of nitrogens with zero attached hydrogens (tertiary/aromatic N) is 4. The first-order valence-corrected chi connectivity index (χ1v) is 8.80. The Morgan fingerprint density at radius 2 is 2.33 bits per heavy atom. The van der Waals surface area contributed by atoms with Gasteiger partial charge in [-0.2, -0.15) is 0 Å². The maximum absolute atomic E-state index is 10.9. The van der Waals surface area contributed by atoms with Gasteiger partial charge in [0.1, 0.15) is 24.8 Å². The van der Waals surface area contributed by atoms with Crippen LogP contribution in [0.3, 0.4) is 0 Å². The SMILES string of the molecule is Nc1ncnc2c1ncn2[C@H]1CC[C@@H](COP([O-])(O)=S)O1. The van der Waals surface area contributed by atoms with Crippen molar-refractivity contribution in [2.45, 2.75) is 25.2 Å². The topological polar surface area (TPSA) is 131 Å². The molecule has 1 saturated heterocycles. The van der Waals surface area contributed by atoms with Crippen molar-refractivity contribution < 1.29 is 19.0 Å². The molecule has 9 nitrogen and oxygen atoms in total. The summed E-state index contributed by atoms with van der Waals surface area (Å²) < 4.78 is 12.2. The van der Waals surface area contributed by atoms with E-state index in [1.807, 2.05) is 0 Å². The molecule has 0 bridgehead atoms. The van der Waals surface area contributed by atoms with E-state index in [-0.39, 0.29) is 18.9 Å². The zero-order valence-corrected chi connectivity index (χ0v) is 12.5. The van der Waals surface area contributed by atoms with Crippen LogP contribution in [0.25, 0.3) is 11.2 Å². The van der Waals surface area contributed by atoms with Crippen LogP contribution in [0, 0.1) is 0 Å². The molecule has 1 unspecified atom stereocenters. The highest BCUT2D eigenvalue weighted by Gasteiger charge is 2.28. The molecule has 0 amide bonds. The second kappa shape index (κ2) is 5.56.